The molecule has 1 aromatic carbocycles. The summed E-state index contributed by atoms with van der Waals surface area (Å²) in [6.45, 7) is 1.63. The molecule has 20 heavy (non-hydrogen) atoms. The number of benzene rings is 1. The summed E-state index contributed by atoms with van der Waals surface area (Å²) in [6.07, 6.45) is 3.98. The molecule has 0 saturated heterocycles. The molecule has 0 unspecified atom stereocenters. The number of sulfonamides is 1. The van der Waals surface area contributed by atoms with Gasteiger partial charge in [-0.2, -0.15) is 0 Å². The summed E-state index contributed by atoms with van der Waals surface area (Å²) < 4.78 is 40.2. The Kier molecular flexibility index (Phi) is 4.46. The van der Waals surface area contributed by atoms with Crippen LogP contribution in [-0.4, -0.2) is 25.7 Å². The standard InChI is InChI=1S/C14H20FNO3S/c1-11-5-6-12(15)13(9-11)20(18,19)16-10-14(17)7-3-2-4-8-14/h5-6,9,16-17H,2-4,7-8,10H2,1H3. The van der Waals surface area contributed by atoms with E-state index in [0.29, 0.717) is 18.4 Å². The summed E-state index contributed by atoms with van der Waals surface area (Å²) in [4.78, 5) is -0.364. The zero-order valence-corrected chi connectivity index (χ0v) is 12.3. The topological polar surface area (TPSA) is 66.4 Å². The van der Waals surface area contributed by atoms with Gasteiger partial charge in [-0.1, -0.05) is 25.3 Å². The minimum absolute atomic E-state index is 0.0668. The predicted molar refractivity (Wildman–Crippen MR) is 74.4 cm³/mol. The zero-order chi connectivity index (χ0) is 14.8. The van der Waals surface area contributed by atoms with Crippen molar-refractivity contribution in [3.05, 3.63) is 29.6 Å². The number of nitrogens with one attached hydrogen (secondary N) is 1. The van der Waals surface area contributed by atoms with E-state index in [1.165, 1.54) is 12.1 Å². The molecule has 2 rings (SSSR count). The average Bonchev–Trinajstić information content (AvgIpc) is 2.40. The second-order valence-electron chi connectivity index (χ2n) is 5.54. The molecule has 112 valence electrons. The number of hydrogen-bond donors (Lipinski definition) is 2. The second-order valence-corrected chi connectivity index (χ2v) is 7.28. The minimum atomic E-state index is -3.94. The van der Waals surface area contributed by atoms with E-state index in [1.54, 1.807) is 6.92 Å². The molecule has 1 aromatic rings. The lowest BCUT2D eigenvalue weighted by Gasteiger charge is -2.32. The third kappa shape index (κ3) is 3.56. The maximum absolute atomic E-state index is 13.6. The highest BCUT2D eigenvalue weighted by molar-refractivity contribution is 7.89. The Labute approximate surface area is 119 Å². The zero-order valence-electron chi connectivity index (χ0n) is 11.5. The molecule has 0 radical (unpaired) electrons. The molecule has 1 aliphatic carbocycles. The van der Waals surface area contributed by atoms with Gasteiger partial charge in [-0.3, -0.25) is 0 Å². The fourth-order valence-electron chi connectivity index (χ4n) is 2.51. The van der Waals surface area contributed by atoms with Gasteiger partial charge < -0.3 is 5.11 Å². The van der Waals surface area contributed by atoms with Crippen LogP contribution in [0.3, 0.4) is 0 Å². The van der Waals surface area contributed by atoms with E-state index in [-0.39, 0.29) is 11.4 Å². The Morgan fingerprint density at radius 2 is 1.95 bits per heavy atom. The average molecular weight is 301 g/mol. The molecule has 0 atom stereocenters. The minimum Gasteiger partial charge on any atom is -0.389 e. The van der Waals surface area contributed by atoms with Gasteiger partial charge in [0.1, 0.15) is 10.7 Å². The highest BCUT2D eigenvalue weighted by Gasteiger charge is 2.31. The van der Waals surface area contributed by atoms with Crippen molar-refractivity contribution in [2.75, 3.05) is 6.54 Å². The van der Waals surface area contributed by atoms with Crippen molar-refractivity contribution in [2.45, 2.75) is 49.5 Å². The van der Waals surface area contributed by atoms with Gasteiger partial charge in [0.2, 0.25) is 10.0 Å². The van der Waals surface area contributed by atoms with Crippen LogP contribution in [0.1, 0.15) is 37.7 Å². The molecule has 0 amide bonds. The van der Waals surface area contributed by atoms with Crippen LogP contribution < -0.4 is 4.72 Å². The van der Waals surface area contributed by atoms with Crippen LogP contribution in [0.4, 0.5) is 4.39 Å². The van der Waals surface area contributed by atoms with Gasteiger partial charge in [0, 0.05) is 6.54 Å². The molecule has 0 bridgehead atoms. The lowest BCUT2D eigenvalue weighted by molar-refractivity contribution is 0.00944. The molecule has 1 aliphatic rings. The summed E-state index contributed by atoms with van der Waals surface area (Å²) in [5.41, 5.74) is -0.339. The molecule has 4 nitrogen and oxygen atoms in total. The first-order valence-electron chi connectivity index (χ1n) is 6.81. The maximum Gasteiger partial charge on any atom is 0.243 e. The number of hydrogen-bond acceptors (Lipinski definition) is 3. The van der Waals surface area contributed by atoms with Crippen LogP contribution in [0, 0.1) is 12.7 Å². The Hall–Kier alpha value is -0.980. The van der Waals surface area contributed by atoms with Crippen LogP contribution in [0.25, 0.3) is 0 Å². The number of halogens is 1. The van der Waals surface area contributed by atoms with E-state index in [0.717, 1.165) is 25.3 Å². The fraction of sp³-hybridized carbons (Fsp3) is 0.571. The van der Waals surface area contributed by atoms with Gasteiger partial charge in [0.25, 0.3) is 0 Å². The van der Waals surface area contributed by atoms with E-state index in [2.05, 4.69) is 4.72 Å². The van der Waals surface area contributed by atoms with Crippen molar-refractivity contribution in [2.24, 2.45) is 0 Å². The van der Waals surface area contributed by atoms with Crippen LogP contribution in [0.5, 0.6) is 0 Å². The van der Waals surface area contributed by atoms with Crippen LogP contribution in [0.2, 0.25) is 0 Å². The van der Waals surface area contributed by atoms with E-state index >= 15 is 0 Å². The quantitative estimate of drug-likeness (QED) is 0.895. The summed E-state index contributed by atoms with van der Waals surface area (Å²) >= 11 is 0. The molecule has 2 N–H and O–H groups in total. The molecule has 0 aliphatic heterocycles. The number of rotatable bonds is 4. The van der Waals surface area contributed by atoms with E-state index in [1.807, 2.05) is 0 Å². The van der Waals surface area contributed by atoms with Gasteiger partial charge in [-0.05, 0) is 37.5 Å². The summed E-state index contributed by atoms with van der Waals surface area (Å²) in [5.74, 6) is -0.779. The highest BCUT2D eigenvalue weighted by Crippen LogP contribution is 2.28. The molecule has 0 spiro atoms. The normalized spacial score (nSPS) is 18.9. The van der Waals surface area contributed by atoms with Crippen molar-refractivity contribution in [3.63, 3.8) is 0 Å². The predicted octanol–water partition coefficient (Wildman–Crippen LogP) is 2.11. The third-order valence-corrected chi connectivity index (χ3v) is 5.17. The third-order valence-electron chi connectivity index (χ3n) is 3.75. The van der Waals surface area contributed by atoms with Crippen molar-refractivity contribution < 1.29 is 17.9 Å². The smallest absolute Gasteiger partial charge is 0.243 e. The molecule has 6 heteroatoms. The molecule has 0 heterocycles. The van der Waals surface area contributed by atoms with E-state index < -0.39 is 21.4 Å². The highest BCUT2D eigenvalue weighted by atomic mass is 32.2. The summed E-state index contributed by atoms with van der Waals surface area (Å²) in [7, 11) is -3.94. The molecule has 1 fully saturated rings. The first-order valence-corrected chi connectivity index (χ1v) is 8.29. The monoisotopic (exact) mass is 301 g/mol. The fourth-order valence-corrected chi connectivity index (χ4v) is 3.79. The Bertz CT molecular complexity index is 580. The van der Waals surface area contributed by atoms with Crippen LogP contribution in [0.15, 0.2) is 23.1 Å². The summed E-state index contributed by atoms with van der Waals surface area (Å²) in [5, 5.41) is 10.3. The molecular weight excluding hydrogens is 281 g/mol. The van der Waals surface area contributed by atoms with Gasteiger partial charge in [0.05, 0.1) is 5.60 Å². The second kappa shape index (κ2) is 5.79. The number of aryl methyl sites for hydroxylation is 1. The van der Waals surface area contributed by atoms with Crippen molar-refractivity contribution in [3.8, 4) is 0 Å². The lowest BCUT2D eigenvalue weighted by atomic mass is 9.85. The van der Waals surface area contributed by atoms with Crippen LogP contribution in [-0.2, 0) is 10.0 Å². The van der Waals surface area contributed by atoms with Crippen molar-refractivity contribution in [1.29, 1.82) is 0 Å². The Balaban J connectivity index is 2.13. The van der Waals surface area contributed by atoms with Crippen LogP contribution >= 0.6 is 0 Å². The molecule has 0 aromatic heterocycles. The maximum atomic E-state index is 13.6. The molecule has 1 saturated carbocycles. The first-order chi connectivity index (χ1) is 9.32. The van der Waals surface area contributed by atoms with Gasteiger partial charge in [0.15, 0.2) is 0 Å². The van der Waals surface area contributed by atoms with Crippen molar-refractivity contribution in [1.82, 2.24) is 4.72 Å². The largest absolute Gasteiger partial charge is 0.389 e. The van der Waals surface area contributed by atoms with Crippen molar-refractivity contribution >= 4 is 10.0 Å². The van der Waals surface area contributed by atoms with E-state index in [9.17, 15) is 17.9 Å². The van der Waals surface area contributed by atoms with Gasteiger partial charge in [-0.25, -0.2) is 17.5 Å². The number of aliphatic hydroxyl groups is 1. The van der Waals surface area contributed by atoms with Gasteiger partial charge >= 0.3 is 0 Å². The lowest BCUT2D eigenvalue weighted by Crippen LogP contribution is -2.44. The summed E-state index contributed by atoms with van der Waals surface area (Å²) in [6, 6.07) is 3.95. The SMILES string of the molecule is Cc1ccc(F)c(S(=O)(=O)NCC2(O)CCCCC2)c1. The molecular formula is C14H20FNO3S. The Morgan fingerprint density at radius 3 is 2.60 bits per heavy atom. The van der Waals surface area contributed by atoms with E-state index in [4.69, 9.17) is 0 Å². The van der Waals surface area contributed by atoms with Gasteiger partial charge in [-0.15, -0.1) is 0 Å². The first kappa shape index (κ1) is 15.4. The Morgan fingerprint density at radius 1 is 1.30 bits per heavy atom.